The molecule has 11 heteroatoms. The summed E-state index contributed by atoms with van der Waals surface area (Å²) >= 11 is 9.90. The molecule has 284 valence electrons. The van der Waals surface area contributed by atoms with Gasteiger partial charge in [-0.2, -0.15) is 0 Å². The third-order valence-electron chi connectivity index (χ3n) is 6.93. The van der Waals surface area contributed by atoms with Crippen LogP contribution in [0.15, 0.2) is 151 Å². The Kier molecular flexibility index (Phi) is 20.0. The molecule has 0 amide bonds. The van der Waals surface area contributed by atoms with Gasteiger partial charge in [-0.25, -0.2) is 9.59 Å². The number of nitrogens with zero attached hydrogens (tertiary/aromatic N) is 1. The van der Waals surface area contributed by atoms with Crippen LogP contribution in [0.5, 0.6) is 5.75 Å². The molecule has 3 aromatic rings. The molecule has 0 saturated heterocycles. The molecular weight excluding hydrogens is 755 g/mol. The maximum Gasteiger partial charge on any atom is 0.333 e. The Morgan fingerprint density at radius 1 is 0.796 bits per heavy atom. The number of thiol groups is 1. The zero-order valence-corrected chi connectivity index (χ0v) is 34.5. The number of allylic oxidation sites excluding steroid dienone is 4. The van der Waals surface area contributed by atoms with E-state index < -0.39 is 11.9 Å². The van der Waals surface area contributed by atoms with Gasteiger partial charge in [-0.15, -0.1) is 15.7 Å². The first kappa shape index (κ1) is 44.3. The van der Waals surface area contributed by atoms with E-state index in [9.17, 15) is 9.59 Å². The number of rotatable bonds is 19. The van der Waals surface area contributed by atoms with Gasteiger partial charge in [0.25, 0.3) is 0 Å². The fourth-order valence-electron chi connectivity index (χ4n) is 4.38. The maximum absolute atomic E-state index is 11.7. The van der Waals surface area contributed by atoms with Gasteiger partial charge in [-0.05, 0) is 84.1 Å². The van der Waals surface area contributed by atoms with Crippen molar-refractivity contribution in [1.29, 1.82) is 0 Å². The fourth-order valence-corrected chi connectivity index (χ4v) is 8.57. The largest absolute Gasteiger partial charge is 0.490 e. The first-order valence-electron chi connectivity index (χ1n) is 17.3. The molecule has 0 N–H and O–H groups in total. The van der Waals surface area contributed by atoms with E-state index >= 15 is 0 Å². The predicted octanol–water partition coefficient (Wildman–Crippen LogP) is 11.4. The Morgan fingerprint density at radius 3 is 1.98 bits per heavy atom. The van der Waals surface area contributed by atoms with Crippen molar-refractivity contribution in [2.24, 2.45) is 0 Å². The van der Waals surface area contributed by atoms with Crippen molar-refractivity contribution in [3.63, 3.8) is 0 Å². The topological polar surface area (TPSA) is 74.3 Å². The van der Waals surface area contributed by atoms with Crippen molar-refractivity contribution in [1.82, 2.24) is 3.12 Å². The highest BCUT2D eigenvalue weighted by Gasteiger charge is 2.29. The normalized spacial score (nSPS) is 13.5. The molecule has 0 aromatic heterocycles. The second-order valence-electron chi connectivity index (χ2n) is 11.1. The molecular formula is C43H47NO6S4. The Labute approximate surface area is 338 Å². The van der Waals surface area contributed by atoms with E-state index in [0.29, 0.717) is 23.5 Å². The summed E-state index contributed by atoms with van der Waals surface area (Å²) in [7, 11) is 0. The average molecular weight is 802 g/mol. The van der Waals surface area contributed by atoms with Crippen molar-refractivity contribution < 1.29 is 28.5 Å². The number of benzene rings is 3. The second kappa shape index (κ2) is 24.3. The lowest BCUT2D eigenvalue weighted by Crippen LogP contribution is -2.12. The Morgan fingerprint density at radius 2 is 1.39 bits per heavy atom. The Balaban J connectivity index is 0.00000385. The zero-order valence-electron chi connectivity index (χ0n) is 31.1. The van der Waals surface area contributed by atoms with Gasteiger partial charge < -0.3 is 18.9 Å². The molecule has 0 spiro atoms. The molecule has 1 heterocycles. The van der Waals surface area contributed by atoms with E-state index in [4.69, 9.17) is 31.6 Å². The average Bonchev–Trinajstić information content (AvgIpc) is 3.62. The maximum atomic E-state index is 11.7. The van der Waals surface area contributed by atoms with Gasteiger partial charge in [0, 0.05) is 30.8 Å². The highest BCUT2D eigenvalue weighted by Crippen LogP contribution is 2.58. The lowest BCUT2D eigenvalue weighted by Gasteiger charge is -2.18. The molecule has 0 atom stereocenters. The van der Waals surface area contributed by atoms with Crippen molar-refractivity contribution >= 4 is 75.1 Å². The molecule has 7 nitrogen and oxygen atoms in total. The molecule has 1 aliphatic heterocycles. The lowest BCUT2D eigenvalue weighted by atomic mass is 10.1. The molecule has 0 aliphatic carbocycles. The zero-order chi connectivity index (χ0) is 39.3. The van der Waals surface area contributed by atoms with E-state index in [1.54, 1.807) is 55.8 Å². The molecule has 0 saturated carbocycles. The summed E-state index contributed by atoms with van der Waals surface area (Å²) in [6.45, 7) is 19.5. The van der Waals surface area contributed by atoms with E-state index in [-0.39, 0.29) is 26.4 Å². The number of hydrogen-bond donors (Lipinski definition) is 1. The first-order valence-corrected chi connectivity index (χ1v) is 20.0. The van der Waals surface area contributed by atoms with Gasteiger partial charge in [-0.1, -0.05) is 131 Å². The summed E-state index contributed by atoms with van der Waals surface area (Å²) in [5, 5.41) is 0. The third-order valence-corrected chi connectivity index (χ3v) is 11.4. The molecule has 0 unspecified atom stereocenters. The number of ether oxygens (including phenoxy) is 4. The smallest absolute Gasteiger partial charge is 0.333 e. The van der Waals surface area contributed by atoms with Crippen LogP contribution in [0.3, 0.4) is 0 Å². The molecule has 4 rings (SSSR count). The minimum atomic E-state index is -0.438. The van der Waals surface area contributed by atoms with Crippen LogP contribution in [-0.2, 0) is 23.8 Å². The van der Waals surface area contributed by atoms with Crippen LogP contribution in [-0.4, -0.2) is 48.1 Å². The highest BCUT2D eigenvalue weighted by atomic mass is 32.3. The first-order chi connectivity index (χ1) is 26.2. The summed E-state index contributed by atoms with van der Waals surface area (Å²) in [5.41, 5.74) is 4.72. The van der Waals surface area contributed by atoms with E-state index in [0.717, 1.165) is 41.9 Å². The SMILES string of the molecule is C=C/C=C(\C=C/COCCOC(=O)C(=C)C)C1=C(c2ccccc2)SN(S/C(=C(\S)c2ccccc2)c2ccc(OCCOC(=O)C(=C)C)cc2)S1.CC. The summed E-state index contributed by atoms with van der Waals surface area (Å²) < 4.78 is 23.9. The van der Waals surface area contributed by atoms with Crippen LogP contribution in [0.2, 0.25) is 0 Å². The quantitative estimate of drug-likeness (QED) is 0.0241. The van der Waals surface area contributed by atoms with Gasteiger partial charge in [-0.3, -0.25) is 0 Å². The molecule has 0 radical (unpaired) electrons. The van der Waals surface area contributed by atoms with Gasteiger partial charge in [0.1, 0.15) is 25.6 Å². The number of carbonyl (C=O) groups excluding carboxylic acids is 2. The van der Waals surface area contributed by atoms with E-state index in [1.165, 1.54) is 0 Å². The predicted molar refractivity (Wildman–Crippen MR) is 233 cm³/mol. The van der Waals surface area contributed by atoms with Crippen LogP contribution < -0.4 is 4.74 Å². The third kappa shape index (κ3) is 14.3. The standard InChI is InChI=1S/C41H41NO6S4.C2H6/c1-6-14-32(19-13-24-45-25-26-47-40(43)29(2)3)38-39(33-17-11-8-12-18-33)52-42(51-38)50-37(36(49)31-15-9-7-10-16-31)34-20-22-35(23-21-34)46-27-28-48-41(44)30(4)5;1-2/h6-23,49H,1-2,4,24-28H2,3,5H3;1-2H3/b19-13-,32-14+,37-36-;. The van der Waals surface area contributed by atoms with Crippen molar-refractivity contribution in [3.05, 3.63) is 167 Å². The van der Waals surface area contributed by atoms with E-state index in [1.807, 2.05) is 105 Å². The van der Waals surface area contributed by atoms with Crippen LogP contribution in [0.4, 0.5) is 0 Å². The summed E-state index contributed by atoms with van der Waals surface area (Å²) in [5.74, 6) is -0.211. The van der Waals surface area contributed by atoms with Crippen LogP contribution in [0.1, 0.15) is 44.4 Å². The summed E-state index contributed by atoms with van der Waals surface area (Å²) in [6.07, 6.45) is 7.71. The van der Waals surface area contributed by atoms with Gasteiger partial charge >= 0.3 is 11.9 Å². The van der Waals surface area contributed by atoms with Crippen molar-refractivity contribution in [2.45, 2.75) is 27.7 Å². The monoisotopic (exact) mass is 801 g/mol. The van der Waals surface area contributed by atoms with Crippen LogP contribution in [0.25, 0.3) is 14.7 Å². The summed E-state index contributed by atoms with van der Waals surface area (Å²) in [4.78, 5) is 27.2. The minimum absolute atomic E-state index is 0.128. The molecule has 3 aromatic carbocycles. The Bertz CT molecular complexity index is 1850. The molecule has 54 heavy (non-hydrogen) atoms. The minimum Gasteiger partial charge on any atom is -0.490 e. The van der Waals surface area contributed by atoms with E-state index in [2.05, 4.69) is 35.0 Å². The number of esters is 2. The lowest BCUT2D eigenvalue weighted by molar-refractivity contribution is -0.140. The van der Waals surface area contributed by atoms with Gasteiger partial charge in [0.05, 0.1) is 13.2 Å². The van der Waals surface area contributed by atoms with Crippen molar-refractivity contribution in [2.75, 3.05) is 33.0 Å². The fraction of sp³-hybridized carbons (Fsp3) is 0.209. The Hall–Kier alpha value is -4.10. The molecule has 0 bridgehead atoms. The van der Waals surface area contributed by atoms with Gasteiger partial charge in [0.15, 0.2) is 0 Å². The van der Waals surface area contributed by atoms with Crippen LogP contribution >= 0.6 is 48.5 Å². The second-order valence-corrected chi connectivity index (χ2v) is 15.1. The molecule has 0 fully saturated rings. The van der Waals surface area contributed by atoms with Crippen molar-refractivity contribution in [3.8, 4) is 5.75 Å². The summed E-state index contributed by atoms with van der Waals surface area (Å²) in [6, 6.07) is 28.1. The highest BCUT2D eigenvalue weighted by molar-refractivity contribution is 8.34. The van der Waals surface area contributed by atoms with Crippen LogP contribution in [0, 0.1) is 0 Å². The number of hydrogen-bond acceptors (Lipinski definition) is 11. The number of carbonyl (C=O) groups is 2. The van der Waals surface area contributed by atoms with Gasteiger partial charge in [0.2, 0.25) is 0 Å². The molecule has 1 aliphatic rings.